The summed E-state index contributed by atoms with van der Waals surface area (Å²) in [7, 11) is 1.83. The minimum atomic E-state index is -0.457. The molecule has 0 unspecified atom stereocenters. The van der Waals surface area contributed by atoms with Crippen molar-refractivity contribution in [3.63, 3.8) is 0 Å². The number of nitro groups is 1. The van der Waals surface area contributed by atoms with Crippen LogP contribution in [0.3, 0.4) is 0 Å². The molecule has 114 valence electrons. The van der Waals surface area contributed by atoms with Gasteiger partial charge >= 0.3 is 0 Å². The SMILES string of the molecule is Cc1cc([N+](=O)[O-])ccc1NC(=O)CN(C)c1ccccc1. The van der Waals surface area contributed by atoms with Gasteiger partial charge in [0.15, 0.2) is 0 Å². The highest BCUT2D eigenvalue weighted by molar-refractivity contribution is 5.94. The van der Waals surface area contributed by atoms with Gasteiger partial charge in [-0.1, -0.05) is 18.2 Å². The van der Waals surface area contributed by atoms with Gasteiger partial charge in [0.05, 0.1) is 11.5 Å². The second-order valence-electron chi connectivity index (χ2n) is 5.00. The number of rotatable bonds is 5. The van der Waals surface area contributed by atoms with Gasteiger partial charge in [-0.25, -0.2) is 0 Å². The Balaban J connectivity index is 2.02. The van der Waals surface area contributed by atoms with Crippen molar-refractivity contribution in [1.82, 2.24) is 0 Å². The van der Waals surface area contributed by atoms with Crippen LogP contribution in [0.15, 0.2) is 48.5 Å². The number of para-hydroxylation sites is 1. The first-order chi connectivity index (χ1) is 10.5. The molecule has 0 saturated carbocycles. The predicted molar refractivity (Wildman–Crippen MR) is 86.2 cm³/mol. The van der Waals surface area contributed by atoms with E-state index >= 15 is 0 Å². The molecule has 0 aliphatic heterocycles. The first-order valence-corrected chi connectivity index (χ1v) is 6.78. The third-order valence-electron chi connectivity index (χ3n) is 3.27. The summed E-state index contributed by atoms with van der Waals surface area (Å²) in [6.45, 7) is 1.92. The second kappa shape index (κ2) is 6.71. The average molecular weight is 299 g/mol. The first kappa shape index (κ1) is 15.5. The Morgan fingerprint density at radius 2 is 1.91 bits per heavy atom. The Morgan fingerprint density at radius 3 is 2.50 bits per heavy atom. The van der Waals surface area contributed by atoms with Gasteiger partial charge in [0, 0.05) is 30.6 Å². The molecule has 0 heterocycles. The number of hydrogen-bond donors (Lipinski definition) is 1. The molecule has 0 spiro atoms. The van der Waals surface area contributed by atoms with Crippen LogP contribution < -0.4 is 10.2 Å². The first-order valence-electron chi connectivity index (χ1n) is 6.78. The topological polar surface area (TPSA) is 75.5 Å². The molecule has 2 aromatic rings. The second-order valence-corrected chi connectivity index (χ2v) is 5.00. The van der Waals surface area contributed by atoms with Gasteiger partial charge in [-0.3, -0.25) is 14.9 Å². The van der Waals surface area contributed by atoms with Crippen molar-refractivity contribution in [2.24, 2.45) is 0 Å². The van der Waals surface area contributed by atoms with Crippen molar-refractivity contribution in [1.29, 1.82) is 0 Å². The molecule has 1 amide bonds. The number of nitro benzene ring substituents is 1. The Bertz CT molecular complexity index is 686. The van der Waals surface area contributed by atoms with Gasteiger partial charge < -0.3 is 10.2 Å². The lowest BCUT2D eigenvalue weighted by Gasteiger charge is -2.19. The lowest BCUT2D eigenvalue weighted by atomic mass is 10.2. The summed E-state index contributed by atoms with van der Waals surface area (Å²) in [4.78, 5) is 24.2. The predicted octanol–water partition coefficient (Wildman–Crippen LogP) is 2.98. The molecule has 1 N–H and O–H groups in total. The van der Waals surface area contributed by atoms with E-state index < -0.39 is 4.92 Å². The fourth-order valence-corrected chi connectivity index (χ4v) is 2.08. The standard InChI is InChI=1S/C16H17N3O3/c1-12-10-14(19(21)22)8-9-15(12)17-16(20)11-18(2)13-6-4-3-5-7-13/h3-10H,11H2,1-2H3,(H,17,20). The summed E-state index contributed by atoms with van der Waals surface area (Å²) >= 11 is 0. The molecule has 0 atom stereocenters. The molecule has 0 fully saturated rings. The van der Waals surface area contributed by atoms with Crippen LogP contribution in [-0.2, 0) is 4.79 Å². The molecule has 2 rings (SSSR count). The van der Waals surface area contributed by atoms with E-state index in [1.54, 1.807) is 13.0 Å². The summed E-state index contributed by atoms with van der Waals surface area (Å²) in [5.74, 6) is -0.177. The van der Waals surface area contributed by atoms with E-state index in [-0.39, 0.29) is 18.1 Å². The zero-order valence-electron chi connectivity index (χ0n) is 12.4. The van der Waals surface area contributed by atoms with E-state index in [1.165, 1.54) is 12.1 Å². The summed E-state index contributed by atoms with van der Waals surface area (Å²) in [6, 6.07) is 13.9. The van der Waals surface area contributed by atoms with Gasteiger partial charge in [-0.2, -0.15) is 0 Å². The van der Waals surface area contributed by atoms with Crippen LogP contribution in [0.2, 0.25) is 0 Å². The number of non-ortho nitro benzene ring substituents is 1. The van der Waals surface area contributed by atoms with Crippen LogP contribution in [0.5, 0.6) is 0 Å². The summed E-state index contributed by atoms with van der Waals surface area (Å²) in [5.41, 5.74) is 2.19. The molecular weight excluding hydrogens is 282 g/mol. The Morgan fingerprint density at radius 1 is 1.23 bits per heavy atom. The van der Waals surface area contributed by atoms with Gasteiger partial charge in [0.25, 0.3) is 5.69 Å². The number of hydrogen-bond acceptors (Lipinski definition) is 4. The highest BCUT2D eigenvalue weighted by atomic mass is 16.6. The van der Waals surface area contributed by atoms with Crippen molar-refractivity contribution in [2.75, 3.05) is 23.8 Å². The monoisotopic (exact) mass is 299 g/mol. The molecule has 22 heavy (non-hydrogen) atoms. The number of nitrogens with one attached hydrogen (secondary N) is 1. The zero-order valence-corrected chi connectivity index (χ0v) is 12.4. The van der Waals surface area contributed by atoms with Crippen LogP contribution in [0, 0.1) is 17.0 Å². The zero-order chi connectivity index (χ0) is 16.1. The maximum absolute atomic E-state index is 12.1. The fraction of sp³-hybridized carbons (Fsp3) is 0.188. The largest absolute Gasteiger partial charge is 0.365 e. The van der Waals surface area contributed by atoms with E-state index in [0.29, 0.717) is 11.3 Å². The summed E-state index contributed by atoms with van der Waals surface area (Å²) in [6.07, 6.45) is 0. The fourth-order valence-electron chi connectivity index (χ4n) is 2.08. The van der Waals surface area contributed by atoms with Crippen LogP contribution in [0.1, 0.15) is 5.56 Å². The Hall–Kier alpha value is -2.89. The molecule has 0 aliphatic rings. The summed E-state index contributed by atoms with van der Waals surface area (Å²) < 4.78 is 0. The maximum atomic E-state index is 12.1. The van der Waals surface area contributed by atoms with Crippen molar-refractivity contribution >= 4 is 23.0 Å². The Labute approximate surface area is 128 Å². The molecule has 6 heteroatoms. The number of amides is 1. The minimum absolute atomic E-state index is 0.0110. The van der Waals surface area contributed by atoms with Crippen molar-refractivity contribution in [3.05, 3.63) is 64.2 Å². The Kier molecular flexibility index (Phi) is 4.73. The third kappa shape index (κ3) is 3.82. The number of nitrogens with zero attached hydrogens (tertiary/aromatic N) is 2. The van der Waals surface area contributed by atoms with Gasteiger partial charge in [-0.15, -0.1) is 0 Å². The molecule has 2 aromatic carbocycles. The molecule has 0 radical (unpaired) electrons. The van der Waals surface area contributed by atoms with E-state index in [1.807, 2.05) is 42.3 Å². The highest BCUT2D eigenvalue weighted by Crippen LogP contribution is 2.21. The normalized spacial score (nSPS) is 10.1. The number of likely N-dealkylation sites (N-methyl/N-ethyl adjacent to an activating group) is 1. The van der Waals surface area contributed by atoms with E-state index in [2.05, 4.69) is 5.32 Å². The van der Waals surface area contributed by atoms with Crippen molar-refractivity contribution < 1.29 is 9.72 Å². The minimum Gasteiger partial charge on any atom is -0.365 e. The number of carbonyl (C=O) groups excluding carboxylic acids is 1. The average Bonchev–Trinajstić information content (AvgIpc) is 2.50. The van der Waals surface area contributed by atoms with Crippen molar-refractivity contribution in [2.45, 2.75) is 6.92 Å². The van der Waals surface area contributed by atoms with E-state index in [9.17, 15) is 14.9 Å². The van der Waals surface area contributed by atoms with Crippen LogP contribution in [0.25, 0.3) is 0 Å². The van der Waals surface area contributed by atoms with E-state index in [0.717, 1.165) is 5.69 Å². The molecular formula is C16H17N3O3. The van der Waals surface area contributed by atoms with Crippen molar-refractivity contribution in [3.8, 4) is 0 Å². The lowest BCUT2D eigenvalue weighted by molar-refractivity contribution is -0.384. The van der Waals surface area contributed by atoms with Crippen LogP contribution >= 0.6 is 0 Å². The third-order valence-corrected chi connectivity index (χ3v) is 3.27. The van der Waals surface area contributed by atoms with Gasteiger partial charge in [-0.05, 0) is 30.7 Å². The highest BCUT2D eigenvalue weighted by Gasteiger charge is 2.11. The molecule has 6 nitrogen and oxygen atoms in total. The number of aryl methyl sites for hydroxylation is 1. The van der Waals surface area contributed by atoms with Crippen LogP contribution in [0.4, 0.5) is 17.1 Å². The molecule has 0 bridgehead atoms. The molecule has 0 aromatic heterocycles. The maximum Gasteiger partial charge on any atom is 0.269 e. The number of carbonyl (C=O) groups is 1. The lowest BCUT2D eigenvalue weighted by Crippen LogP contribution is -2.30. The smallest absolute Gasteiger partial charge is 0.269 e. The molecule has 0 aliphatic carbocycles. The quantitative estimate of drug-likeness (QED) is 0.680. The molecule has 0 saturated heterocycles. The number of anilines is 2. The van der Waals surface area contributed by atoms with E-state index in [4.69, 9.17) is 0 Å². The summed E-state index contributed by atoms with van der Waals surface area (Å²) in [5, 5.41) is 13.5. The number of benzene rings is 2. The van der Waals surface area contributed by atoms with Crippen LogP contribution in [-0.4, -0.2) is 24.4 Å². The van der Waals surface area contributed by atoms with Gasteiger partial charge in [0.1, 0.15) is 0 Å². The van der Waals surface area contributed by atoms with Gasteiger partial charge in [0.2, 0.25) is 5.91 Å².